The van der Waals surface area contributed by atoms with E-state index in [9.17, 15) is 4.79 Å². The summed E-state index contributed by atoms with van der Waals surface area (Å²) in [5, 5.41) is 3.35. The van der Waals surface area contributed by atoms with Gasteiger partial charge in [0.1, 0.15) is 12.4 Å². The summed E-state index contributed by atoms with van der Waals surface area (Å²) in [6.07, 6.45) is 1.12. The second-order valence-electron chi connectivity index (χ2n) is 4.74. The summed E-state index contributed by atoms with van der Waals surface area (Å²) in [5.41, 5.74) is 0.511. The molecule has 0 heterocycles. The molecule has 0 radical (unpaired) electrons. The van der Waals surface area contributed by atoms with Gasteiger partial charge in [-0.05, 0) is 37.6 Å². The van der Waals surface area contributed by atoms with Crippen molar-refractivity contribution in [3.63, 3.8) is 0 Å². The molecule has 0 saturated carbocycles. The minimum atomic E-state index is -0.348. The standard InChI is InChI=1S/C16H25NO4/c1-4-13(2)17-9-10-20-11-12-21-15-7-5-14(6-8-15)16(18)19-3/h5-8,13,17H,4,9-12H2,1-3H3/t13-/m0/s1. The lowest BCUT2D eigenvalue weighted by molar-refractivity contribution is 0.0600. The fraction of sp³-hybridized carbons (Fsp3) is 0.562. The van der Waals surface area contributed by atoms with Crippen molar-refractivity contribution in [3.05, 3.63) is 29.8 Å². The zero-order valence-electron chi connectivity index (χ0n) is 13.1. The maximum atomic E-state index is 11.3. The van der Waals surface area contributed by atoms with Gasteiger partial charge in [-0.2, -0.15) is 0 Å². The van der Waals surface area contributed by atoms with Gasteiger partial charge < -0.3 is 19.5 Å². The predicted octanol–water partition coefficient (Wildman–Crippen LogP) is 2.26. The Balaban J connectivity index is 2.11. The summed E-state index contributed by atoms with van der Waals surface area (Å²) >= 11 is 0. The van der Waals surface area contributed by atoms with Crippen LogP contribution in [0.2, 0.25) is 0 Å². The zero-order chi connectivity index (χ0) is 15.5. The van der Waals surface area contributed by atoms with E-state index >= 15 is 0 Å². The van der Waals surface area contributed by atoms with Crippen LogP contribution in [0.15, 0.2) is 24.3 Å². The molecular formula is C16H25NO4. The third-order valence-electron chi connectivity index (χ3n) is 3.12. The number of nitrogens with one attached hydrogen (secondary N) is 1. The summed E-state index contributed by atoms with van der Waals surface area (Å²) in [7, 11) is 1.36. The first-order valence-corrected chi connectivity index (χ1v) is 7.29. The van der Waals surface area contributed by atoms with E-state index in [1.54, 1.807) is 24.3 Å². The van der Waals surface area contributed by atoms with E-state index in [2.05, 4.69) is 23.9 Å². The fourth-order valence-corrected chi connectivity index (χ4v) is 1.65. The van der Waals surface area contributed by atoms with E-state index in [4.69, 9.17) is 9.47 Å². The zero-order valence-corrected chi connectivity index (χ0v) is 13.1. The van der Waals surface area contributed by atoms with Crippen LogP contribution in [0.5, 0.6) is 5.75 Å². The van der Waals surface area contributed by atoms with Gasteiger partial charge in [0.05, 0.1) is 25.9 Å². The average molecular weight is 295 g/mol. The van der Waals surface area contributed by atoms with Crippen LogP contribution in [0.3, 0.4) is 0 Å². The van der Waals surface area contributed by atoms with Crippen LogP contribution >= 0.6 is 0 Å². The molecule has 0 aromatic heterocycles. The summed E-state index contributed by atoms with van der Waals surface area (Å²) in [6, 6.07) is 7.38. The van der Waals surface area contributed by atoms with E-state index in [1.165, 1.54) is 7.11 Å². The third kappa shape index (κ3) is 7.11. The van der Waals surface area contributed by atoms with E-state index < -0.39 is 0 Å². The maximum Gasteiger partial charge on any atom is 0.337 e. The molecule has 0 amide bonds. The molecular weight excluding hydrogens is 270 g/mol. The van der Waals surface area contributed by atoms with E-state index in [0.29, 0.717) is 37.2 Å². The first-order chi connectivity index (χ1) is 10.2. The van der Waals surface area contributed by atoms with Gasteiger partial charge in [0, 0.05) is 12.6 Å². The number of rotatable bonds is 10. The van der Waals surface area contributed by atoms with E-state index in [-0.39, 0.29) is 5.97 Å². The van der Waals surface area contributed by atoms with Crippen LogP contribution < -0.4 is 10.1 Å². The molecule has 5 heteroatoms. The highest BCUT2D eigenvalue weighted by Crippen LogP contribution is 2.12. The van der Waals surface area contributed by atoms with Gasteiger partial charge >= 0.3 is 5.97 Å². The monoisotopic (exact) mass is 295 g/mol. The van der Waals surface area contributed by atoms with E-state index in [1.807, 2.05) is 0 Å². The number of carbonyl (C=O) groups is 1. The molecule has 5 nitrogen and oxygen atoms in total. The molecule has 0 spiro atoms. The van der Waals surface area contributed by atoms with Gasteiger partial charge in [0.2, 0.25) is 0 Å². The second kappa shape index (κ2) is 10.2. The molecule has 21 heavy (non-hydrogen) atoms. The summed E-state index contributed by atoms with van der Waals surface area (Å²) < 4.78 is 15.6. The smallest absolute Gasteiger partial charge is 0.337 e. The van der Waals surface area contributed by atoms with Gasteiger partial charge in [-0.3, -0.25) is 0 Å². The summed E-state index contributed by atoms with van der Waals surface area (Å²) in [6.45, 7) is 6.86. The molecule has 0 aliphatic rings. The lowest BCUT2D eigenvalue weighted by Crippen LogP contribution is -2.29. The molecule has 1 N–H and O–H groups in total. The Kier molecular flexibility index (Phi) is 8.47. The minimum Gasteiger partial charge on any atom is -0.491 e. The Hall–Kier alpha value is -1.59. The number of carbonyl (C=O) groups excluding carboxylic acids is 1. The van der Waals surface area contributed by atoms with Crippen molar-refractivity contribution in [3.8, 4) is 5.75 Å². The number of benzene rings is 1. The van der Waals surface area contributed by atoms with Gasteiger partial charge in [-0.1, -0.05) is 6.92 Å². The SMILES string of the molecule is CC[C@H](C)NCCOCCOc1ccc(C(=O)OC)cc1. The molecule has 1 rings (SSSR count). The number of hydrogen-bond acceptors (Lipinski definition) is 5. The van der Waals surface area contributed by atoms with Crippen molar-refractivity contribution in [1.82, 2.24) is 5.32 Å². The molecule has 1 atom stereocenters. The minimum absolute atomic E-state index is 0.348. The van der Waals surface area contributed by atoms with Crippen LogP contribution in [-0.4, -0.2) is 45.5 Å². The quantitative estimate of drug-likeness (QED) is 0.530. The Morgan fingerprint density at radius 3 is 2.52 bits per heavy atom. The maximum absolute atomic E-state index is 11.3. The van der Waals surface area contributed by atoms with Gasteiger partial charge in [-0.15, -0.1) is 0 Å². The molecule has 1 aromatic rings. The molecule has 1 aromatic carbocycles. The normalized spacial score (nSPS) is 12.0. The number of hydrogen-bond donors (Lipinski definition) is 1. The lowest BCUT2D eigenvalue weighted by atomic mass is 10.2. The fourth-order valence-electron chi connectivity index (χ4n) is 1.65. The summed E-state index contributed by atoms with van der Waals surface area (Å²) in [4.78, 5) is 11.3. The Morgan fingerprint density at radius 1 is 1.19 bits per heavy atom. The Morgan fingerprint density at radius 2 is 1.90 bits per heavy atom. The van der Waals surface area contributed by atoms with Crippen LogP contribution in [0, 0.1) is 0 Å². The first-order valence-electron chi connectivity index (χ1n) is 7.29. The average Bonchev–Trinajstić information content (AvgIpc) is 2.53. The van der Waals surface area contributed by atoms with Crippen LogP contribution in [-0.2, 0) is 9.47 Å². The largest absolute Gasteiger partial charge is 0.491 e. The van der Waals surface area contributed by atoms with Gasteiger partial charge in [0.15, 0.2) is 0 Å². The highest BCUT2D eigenvalue weighted by atomic mass is 16.5. The van der Waals surface area contributed by atoms with Crippen molar-refractivity contribution < 1.29 is 19.0 Å². The van der Waals surface area contributed by atoms with Gasteiger partial charge in [0.25, 0.3) is 0 Å². The van der Waals surface area contributed by atoms with Crippen molar-refractivity contribution >= 4 is 5.97 Å². The molecule has 0 bridgehead atoms. The Labute approximate surface area is 126 Å². The van der Waals surface area contributed by atoms with E-state index in [0.717, 1.165) is 13.0 Å². The number of methoxy groups -OCH3 is 1. The highest BCUT2D eigenvalue weighted by Gasteiger charge is 2.04. The van der Waals surface area contributed by atoms with Crippen LogP contribution in [0.1, 0.15) is 30.6 Å². The molecule has 0 unspecified atom stereocenters. The number of ether oxygens (including phenoxy) is 3. The molecule has 0 aliphatic heterocycles. The number of esters is 1. The predicted molar refractivity (Wildman–Crippen MR) is 81.9 cm³/mol. The highest BCUT2D eigenvalue weighted by molar-refractivity contribution is 5.89. The Bertz CT molecular complexity index is 405. The first kappa shape index (κ1) is 17.5. The van der Waals surface area contributed by atoms with Crippen molar-refractivity contribution in [2.24, 2.45) is 0 Å². The van der Waals surface area contributed by atoms with Crippen molar-refractivity contribution in [1.29, 1.82) is 0 Å². The van der Waals surface area contributed by atoms with Crippen LogP contribution in [0.4, 0.5) is 0 Å². The molecule has 0 saturated heterocycles. The lowest BCUT2D eigenvalue weighted by Gasteiger charge is -2.11. The van der Waals surface area contributed by atoms with Crippen molar-refractivity contribution in [2.45, 2.75) is 26.3 Å². The molecule has 0 fully saturated rings. The topological polar surface area (TPSA) is 56.8 Å². The second-order valence-corrected chi connectivity index (χ2v) is 4.74. The summed E-state index contributed by atoms with van der Waals surface area (Å²) in [5.74, 6) is 0.364. The molecule has 118 valence electrons. The van der Waals surface area contributed by atoms with Crippen LogP contribution in [0.25, 0.3) is 0 Å². The third-order valence-corrected chi connectivity index (χ3v) is 3.12. The van der Waals surface area contributed by atoms with Gasteiger partial charge in [-0.25, -0.2) is 4.79 Å². The molecule has 0 aliphatic carbocycles. The van der Waals surface area contributed by atoms with Crippen molar-refractivity contribution in [2.75, 3.05) is 33.5 Å².